The van der Waals surface area contributed by atoms with E-state index in [4.69, 9.17) is 4.74 Å². The van der Waals surface area contributed by atoms with E-state index in [1.165, 1.54) is 24.3 Å². The lowest BCUT2D eigenvalue weighted by atomic mass is 9.85. The van der Waals surface area contributed by atoms with E-state index in [1.54, 1.807) is 13.8 Å². The fraction of sp³-hybridized carbons (Fsp3) is 0.381. The summed E-state index contributed by atoms with van der Waals surface area (Å²) in [5.74, 6) is 0.184. The third kappa shape index (κ3) is 3.44. The normalized spacial score (nSPS) is 21.0. The summed E-state index contributed by atoms with van der Waals surface area (Å²) in [5, 5.41) is 13.7. The molecule has 2 atom stereocenters. The zero-order valence-electron chi connectivity index (χ0n) is 15.4. The molecule has 2 aromatic rings. The summed E-state index contributed by atoms with van der Waals surface area (Å²) in [4.78, 5) is 12.6. The van der Waals surface area contributed by atoms with Crippen molar-refractivity contribution in [2.45, 2.75) is 51.4 Å². The second kappa shape index (κ2) is 6.72. The average Bonchev–Trinajstić information content (AvgIpc) is 2.58. The van der Waals surface area contributed by atoms with E-state index in [0.29, 0.717) is 17.2 Å². The van der Waals surface area contributed by atoms with E-state index in [0.717, 1.165) is 11.1 Å². The fourth-order valence-electron chi connectivity index (χ4n) is 3.16. The highest BCUT2D eigenvalue weighted by Crippen LogP contribution is 2.41. The second-order valence-corrected chi connectivity index (χ2v) is 7.56. The van der Waals surface area contributed by atoms with Gasteiger partial charge < -0.3 is 15.2 Å². The molecule has 0 radical (unpaired) electrons. The molecule has 0 fully saturated rings. The van der Waals surface area contributed by atoms with Crippen LogP contribution in [0.3, 0.4) is 0 Å². The fourth-order valence-corrected chi connectivity index (χ4v) is 3.16. The lowest BCUT2D eigenvalue weighted by Crippen LogP contribution is -2.53. The first kappa shape index (κ1) is 18.4. The molecule has 0 saturated carbocycles. The number of aliphatic hydroxyl groups is 1. The lowest BCUT2D eigenvalue weighted by molar-refractivity contribution is -0.0628. The Bertz CT molecular complexity index is 815. The maximum atomic E-state index is 13.1. The van der Waals surface area contributed by atoms with Gasteiger partial charge in [0.2, 0.25) is 0 Å². The Labute approximate surface area is 153 Å². The predicted octanol–water partition coefficient (Wildman–Crippen LogP) is 3.95. The second-order valence-electron chi connectivity index (χ2n) is 7.56. The summed E-state index contributed by atoms with van der Waals surface area (Å²) in [7, 11) is 0. The van der Waals surface area contributed by atoms with Crippen LogP contribution in [0.15, 0.2) is 42.5 Å². The summed E-state index contributed by atoms with van der Waals surface area (Å²) >= 11 is 0. The topological polar surface area (TPSA) is 58.6 Å². The number of hydrogen-bond acceptors (Lipinski definition) is 3. The summed E-state index contributed by atoms with van der Waals surface area (Å²) in [5.41, 5.74) is 1.33. The van der Waals surface area contributed by atoms with Crippen molar-refractivity contribution in [3.63, 3.8) is 0 Å². The van der Waals surface area contributed by atoms with Crippen molar-refractivity contribution in [2.75, 3.05) is 0 Å². The zero-order chi connectivity index (χ0) is 19.1. The van der Waals surface area contributed by atoms with Gasteiger partial charge in [-0.25, -0.2) is 4.39 Å². The molecule has 4 nitrogen and oxygen atoms in total. The van der Waals surface area contributed by atoms with Crippen LogP contribution >= 0.6 is 0 Å². The maximum Gasteiger partial charge on any atom is 0.251 e. The minimum atomic E-state index is -0.929. The number of benzene rings is 2. The van der Waals surface area contributed by atoms with E-state index >= 15 is 0 Å². The van der Waals surface area contributed by atoms with Gasteiger partial charge in [0.25, 0.3) is 5.91 Å². The molecule has 0 saturated heterocycles. The minimum absolute atomic E-state index is 0.306. The molecule has 138 valence electrons. The van der Waals surface area contributed by atoms with Gasteiger partial charge >= 0.3 is 0 Å². The van der Waals surface area contributed by atoms with Crippen LogP contribution in [-0.2, 0) is 0 Å². The first-order valence-corrected chi connectivity index (χ1v) is 8.76. The molecule has 2 N–H and O–H groups in total. The molecule has 2 aromatic carbocycles. The Morgan fingerprint density at radius 2 is 1.85 bits per heavy atom. The summed E-state index contributed by atoms with van der Waals surface area (Å²) < 4.78 is 19.0. The van der Waals surface area contributed by atoms with Gasteiger partial charge in [0.15, 0.2) is 0 Å². The number of fused-ring (bicyclic) bond motifs is 1. The molecule has 1 unspecified atom stereocenters. The van der Waals surface area contributed by atoms with Gasteiger partial charge in [0, 0.05) is 11.1 Å². The number of rotatable bonds is 3. The molecule has 1 heterocycles. The van der Waals surface area contributed by atoms with Gasteiger partial charge in [-0.3, -0.25) is 4.79 Å². The van der Waals surface area contributed by atoms with Crippen LogP contribution in [0.25, 0.3) is 0 Å². The molecule has 1 aliphatic heterocycles. The third-order valence-electron chi connectivity index (χ3n) is 4.83. The van der Waals surface area contributed by atoms with Crippen molar-refractivity contribution in [3.05, 3.63) is 65.0 Å². The van der Waals surface area contributed by atoms with Gasteiger partial charge in [-0.2, -0.15) is 0 Å². The molecule has 3 rings (SSSR count). The molecule has 5 heteroatoms. The van der Waals surface area contributed by atoms with Crippen molar-refractivity contribution in [3.8, 4) is 5.75 Å². The van der Waals surface area contributed by atoms with Crippen LogP contribution in [0, 0.1) is 5.82 Å². The van der Waals surface area contributed by atoms with Crippen molar-refractivity contribution in [2.24, 2.45) is 0 Å². The van der Waals surface area contributed by atoms with Gasteiger partial charge in [-0.05, 0) is 61.7 Å². The maximum absolute atomic E-state index is 13.1. The van der Waals surface area contributed by atoms with E-state index in [-0.39, 0.29) is 5.91 Å². The molecule has 26 heavy (non-hydrogen) atoms. The molecule has 1 aliphatic rings. The first-order valence-electron chi connectivity index (χ1n) is 8.76. The van der Waals surface area contributed by atoms with Gasteiger partial charge in [-0.1, -0.05) is 19.9 Å². The van der Waals surface area contributed by atoms with E-state index in [1.807, 2.05) is 18.2 Å². The lowest BCUT2D eigenvalue weighted by Gasteiger charge is -2.42. The monoisotopic (exact) mass is 357 g/mol. The van der Waals surface area contributed by atoms with Crippen LogP contribution < -0.4 is 10.1 Å². The number of aliphatic hydroxyl groups excluding tert-OH is 1. The van der Waals surface area contributed by atoms with E-state index < -0.39 is 23.6 Å². The number of hydrogen-bond donors (Lipinski definition) is 2. The third-order valence-corrected chi connectivity index (χ3v) is 4.83. The van der Waals surface area contributed by atoms with Crippen LogP contribution in [0.4, 0.5) is 4.39 Å². The van der Waals surface area contributed by atoms with Crippen LogP contribution in [0.1, 0.15) is 61.1 Å². The predicted molar refractivity (Wildman–Crippen MR) is 97.9 cm³/mol. The molecule has 0 bridgehead atoms. The molecular formula is C21H24FNO3. The van der Waals surface area contributed by atoms with Crippen molar-refractivity contribution < 1.29 is 19.0 Å². The number of carbonyl (C=O) groups is 1. The van der Waals surface area contributed by atoms with Crippen LogP contribution in [-0.4, -0.2) is 22.7 Å². The number of halogens is 1. The average molecular weight is 357 g/mol. The van der Waals surface area contributed by atoms with E-state index in [2.05, 4.69) is 19.2 Å². The van der Waals surface area contributed by atoms with Crippen molar-refractivity contribution in [1.29, 1.82) is 0 Å². The van der Waals surface area contributed by atoms with Crippen LogP contribution in [0.5, 0.6) is 5.75 Å². The minimum Gasteiger partial charge on any atom is -0.485 e. The smallest absolute Gasteiger partial charge is 0.251 e. The quantitative estimate of drug-likeness (QED) is 0.874. The standard InChI is InChI=1S/C21H24FNO3/c1-12(2)14-7-10-17-16(11-14)18(19(24)21(3,4)26-17)23-20(25)13-5-8-15(22)9-6-13/h5-12,18-19,24H,1-4H3,(H,23,25)/t18?,19-/m0/s1. The van der Waals surface area contributed by atoms with Crippen LogP contribution in [0.2, 0.25) is 0 Å². The van der Waals surface area contributed by atoms with Gasteiger partial charge in [-0.15, -0.1) is 0 Å². The molecule has 1 amide bonds. The Morgan fingerprint density at radius 1 is 1.19 bits per heavy atom. The molecule has 0 aliphatic carbocycles. The molecular weight excluding hydrogens is 333 g/mol. The number of ether oxygens (including phenoxy) is 1. The Morgan fingerprint density at radius 3 is 2.46 bits per heavy atom. The van der Waals surface area contributed by atoms with Gasteiger partial charge in [0.1, 0.15) is 23.3 Å². The first-order chi connectivity index (χ1) is 12.2. The Kier molecular flexibility index (Phi) is 4.76. The number of carbonyl (C=O) groups excluding carboxylic acids is 1. The van der Waals surface area contributed by atoms with Gasteiger partial charge in [0.05, 0.1) is 6.04 Å². The molecule has 0 aromatic heterocycles. The van der Waals surface area contributed by atoms with Crippen molar-refractivity contribution in [1.82, 2.24) is 5.32 Å². The Hall–Kier alpha value is -2.40. The molecule has 0 spiro atoms. The highest BCUT2D eigenvalue weighted by atomic mass is 19.1. The highest BCUT2D eigenvalue weighted by Gasteiger charge is 2.43. The SMILES string of the molecule is CC(C)c1ccc2c(c1)C(NC(=O)c1ccc(F)cc1)[C@H](O)C(C)(C)O2. The highest BCUT2D eigenvalue weighted by molar-refractivity contribution is 5.94. The summed E-state index contributed by atoms with van der Waals surface area (Å²) in [6.45, 7) is 7.73. The summed E-state index contributed by atoms with van der Waals surface area (Å²) in [6.07, 6.45) is -0.929. The number of nitrogens with one attached hydrogen (secondary N) is 1. The summed E-state index contributed by atoms with van der Waals surface area (Å²) in [6, 6.07) is 10.6. The van der Waals surface area contributed by atoms with E-state index in [9.17, 15) is 14.3 Å². The largest absolute Gasteiger partial charge is 0.485 e. The number of amides is 1. The van der Waals surface area contributed by atoms with Crippen molar-refractivity contribution >= 4 is 5.91 Å². The Balaban J connectivity index is 1.97. The zero-order valence-corrected chi connectivity index (χ0v) is 15.4.